The fourth-order valence-electron chi connectivity index (χ4n) is 4.91. The molecule has 2 aromatic carbocycles. The minimum Gasteiger partial charge on any atom is -0.463 e. The molecule has 1 unspecified atom stereocenters. The number of hydrogen-bond acceptors (Lipinski definition) is 5. The third-order valence-electron chi connectivity index (χ3n) is 6.74. The van der Waals surface area contributed by atoms with Crippen molar-refractivity contribution in [2.24, 2.45) is 0 Å². The number of hydrogen-bond donors (Lipinski definition) is 1. The van der Waals surface area contributed by atoms with Crippen molar-refractivity contribution in [2.75, 3.05) is 45.9 Å². The minimum absolute atomic E-state index is 0.0138. The topological polar surface area (TPSA) is 82.2 Å². The molecule has 0 saturated carbocycles. The van der Waals surface area contributed by atoms with Crippen LogP contribution in [0.2, 0.25) is 5.02 Å². The number of likely N-dealkylation sites (N-methyl/N-ethyl adjacent to an activating group) is 1. The van der Waals surface area contributed by atoms with Crippen LogP contribution in [0.25, 0.3) is 0 Å². The van der Waals surface area contributed by atoms with Gasteiger partial charge in [0.15, 0.2) is 0 Å². The second kappa shape index (κ2) is 12.3. The summed E-state index contributed by atoms with van der Waals surface area (Å²) >= 11 is 6.49. The molecule has 196 valence electrons. The van der Waals surface area contributed by atoms with Gasteiger partial charge in [-0.1, -0.05) is 48.0 Å². The zero-order valence-electron chi connectivity index (χ0n) is 21.3. The summed E-state index contributed by atoms with van der Waals surface area (Å²) in [5.74, 6) is -0.462. The number of ether oxygens (including phenoxy) is 1. The molecule has 8 nitrogen and oxygen atoms in total. The van der Waals surface area contributed by atoms with Crippen LogP contribution < -0.4 is 5.32 Å². The molecule has 2 heterocycles. The fourth-order valence-corrected chi connectivity index (χ4v) is 5.15. The Morgan fingerprint density at radius 2 is 1.73 bits per heavy atom. The van der Waals surface area contributed by atoms with Gasteiger partial charge in [-0.05, 0) is 44.0 Å². The highest BCUT2D eigenvalue weighted by Crippen LogP contribution is 2.35. The van der Waals surface area contributed by atoms with Gasteiger partial charge >= 0.3 is 12.0 Å². The van der Waals surface area contributed by atoms with Crippen LogP contribution in [0, 0.1) is 0 Å². The van der Waals surface area contributed by atoms with E-state index < -0.39 is 12.0 Å². The third-order valence-corrected chi connectivity index (χ3v) is 7.08. The summed E-state index contributed by atoms with van der Waals surface area (Å²) in [6.45, 7) is 7.18. The minimum atomic E-state index is -0.721. The second-order valence-corrected chi connectivity index (χ2v) is 9.42. The molecular weight excluding hydrogens is 492 g/mol. The van der Waals surface area contributed by atoms with Gasteiger partial charge in [-0.15, -0.1) is 0 Å². The Hall–Kier alpha value is -3.36. The number of amides is 3. The lowest BCUT2D eigenvalue weighted by molar-refractivity contribution is -0.139. The predicted molar refractivity (Wildman–Crippen MR) is 142 cm³/mol. The molecule has 2 aromatic rings. The molecule has 2 aliphatic rings. The van der Waals surface area contributed by atoms with Crippen LogP contribution >= 0.6 is 11.6 Å². The number of nitrogens with one attached hydrogen (secondary N) is 1. The Kier molecular flexibility index (Phi) is 8.84. The van der Waals surface area contributed by atoms with Crippen LogP contribution in [0.3, 0.4) is 0 Å². The van der Waals surface area contributed by atoms with Crippen molar-refractivity contribution in [1.82, 2.24) is 20.0 Å². The first-order valence-electron chi connectivity index (χ1n) is 12.7. The van der Waals surface area contributed by atoms with E-state index in [0.717, 1.165) is 13.0 Å². The van der Waals surface area contributed by atoms with Gasteiger partial charge in [-0.3, -0.25) is 14.6 Å². The Morgan fingerprint density at radius 1 is 1.00 bits per heavy atom. The van der Waals surface area contributed by atoms with Gasteiger partial charge in [-0.25, -0.2) is 9.59 Å². The van der Waals surface area contributed by atoms with Crippen LogP contribution in [0.5, 0.6) is 0 Å². The maximum absolute atomic E-state index is 13.3. The van der Waals surface area contributed by atoms with E-state index in [4.69, 9.17) is 16.3 Å². The average Bonchev–Trinajstić information content (AvgIpc) is 3.14. The SMILES string of the molecule is CCOC(=O)C1=C(CN2CCCN(C(=O)c3ccccc3)CC2)N(CC)C(=O)NC1c1ccccc1Cl. The number of carbonyl (C=O) groups is 3. The number of halogens is 1. The number of carbonyl (C=O) groups excluding carboxylic acids is 3. The fraction of sp³-hybridized carbons (Fsp3) is 0.393. The smallest absolute Gasteiger partial charge is 0.338 e. The van der Waals surface area contributed by atoms with Crippen LogP contribution in [0.15, 0.2) is 65.9 Å². The summed E-state index contributed by atoms with van der Waals surface area (Å²) in [6.07, 6.45) is 0.785. The van der Waals surface area contributed by atoms with E-state index in [9.17, 15) is 14.4 Å². The van der Waals surface area contributed by atoms with Crippen molar-refractivity contribution in [1.29, 1.82) is 0 Å². The van der Waals surface area contributed by atoms with E-state index in [-0.39, 0.29) is 18.5 Å². The number of esters is 1. The lowest BCUT2D eigenvalue weighted by Crippen LogP contribution is -2.51. The van der Waals surface area contributed by atoms with Crippen LogP contribution in [0.4, 0.5) is 4.79 Å². The third kappa shape index (κ3) is 5.97. The zero-order valence-corrected chi connectivity index (χ0v) is 22.0. The van der Waals surface area contributed by atoms with Gasteiger partial charge in [-0.2, -0.15) is 0 Å². The highest BCUT2D eigenvalue weighted by molar-refractivity contribution is 6.31. The highest BCUT2D eigenvalue weighted by Gasteiger charge is 2.39. The van der Waals surface area contributed by atoms with Crippen molar-refractivity contribution in [3.63, 3.8) is 0 Å². The summed E-state index contributed by atoms with van der Waals surface area (Å²) in [5.41, 5.74) is 2.31. The molecule has 1 N–H and O–H groups in total. The Bertz CT molecular complexity index is 1170. The monoisotopic (exact) mass is 524 g/mol. The number of nitrogens with zero attached hydrogens (tertiary/aromatic N) is 3. The van der Waals surface area contributed by atoms with Gasteiger partial charge in [0, 0.05) is 55.6 Å². The normalized spacial score (nSPS) is 18.9. The summed E-state index contributed by atoms with van der Waals surface area (Å²) in [5, 5.41) is 3.42. The Balaban J connectivity index is 1.64. The number of rotatable bonds is 7. The van der Waals surface area contributed by atoms with Gasteiger partial charge in [0.25, 0.3) is 5.91 Å². The van der Waals surface area contributed by atoms with E-state index in [1.54, 1.807) is 17.9 Å². The molecule has 1 fully saturated rings. The molecule has 0 radical (unpaired) electrons. The molecule has 3 amide bonds. The van der Waals surface area contributed by atoms with E-state index in [1.165, 1.54) is 0 Å². The quantitative estimate of drug-likeness (QED) is 0.552. The molecule has 0 bridgehead atoms. The first-order chi connectivity index (χ1) is 17.9. The molecule has 0 spiro atoms. The van der Waals surface area contributed by atoms with Crippen molar-refractivity contribution in [3.8, 4) is 0 Å². The van der Waals surface area contributed by atoms with E-state index in [0.29, 0.717) is 60.1 Å². The Morgan fingerprint density at radius 3 is 2.43 bits per heavy atom. The molecule has 1 saturated heterocycles. The van der Waals surface area contributed by atoms with E-state index in [2.05, 4.69) is 10.2 Å². The summed E-state index contributed by atoms with van der Waals surface area (Å²) < 4.78 is 5.45. The van der Waals surface area contributed by atoms with E-state index >= 15 is 0 Å². The standard InChI is InChI=1S/C28H33ClN4O4/c1-3-33-23(19-31-15-10-16-32(18-17-31)26(34)20-11-6-5-7-12-20)24(27(35)37-4-2)25(30-28(33)36)21-13-8-9-14-22(21)29/h5-9,11-14,25H,3-4,10,15-19H2,1-2H3,(H,30,36). The van der Waals surface area contributed by atoms with Gasteiger partial charge < -0.3 is 15.0 Å². The molecule has 2 aliphatic heterocycles. The molecule has 37 heavy (non-hydrogen) atoms. The van der Waals surface area contributed by atoms with Crippen molar-refractivity contribution >= 4 is 29.5 Å². The van der Waals surface area contributed by atoms with Gasteiger partial charge in [0.05, 0.1) is 18.2 Å². The summed E-state index contributed by atoms with van der Waals surface area (Å²) in [4.78, 5) is 45.1. The van der Waals surface area contributed by atoms with Crippen molar-refractivity contribution in [3.05, 3.63) is 82.0 Å². The molecule has 0 aromatic heterocycles. The first kappa shape index (κ1) is 26.7. The van der Waals surface area contributed by atoms with E-state index in [1.807, 2.05) is 60.4 Å². The van der Waals surface area contributed by atoms with Crippen LogP contribution in [-0.2, 0) is 9.53 Å². The zero-order chi connectivity index (χ0) is 26.4. The molecular formula is C28H33ClN4O4. The van der Waals surface area contributed by atoms with Crippen molar-refractivity contribution < 1.29 is 19.1 Å². The Labute approximate surface area is 222 Å². The maximum atomic E-state index is 13.3. The van der Waals surface area contributed by atoms with Crippen molar-refractivity contribution in [2.45, 2.75) is 26.3 Å². The lowest BCUT2D eigenvalue weighted by Gasteiger charge is -2.38. The second-order valence-electron chi connectivity index (χ2n) is 9.02. The summed E-state index contributed by atoms with van der Waals surface area (Å²) in [6, 6.07) is 15.5. The molecule has 4 rings (SSSR count). The molecule has 1 atom stereocenters. The van der Waals surface area contributed by atoms with Gasteiger partial charge in [0.1, 0.15) is 0 Å². The maximum Gasteiger partial charge on any atom is 0.338 e. The predicted octanol–water partition coefficient (Wildman–Crippen LogP) is 4.09. The first-order valence-corrected chi connectivity index (χ1v) is 13.1. The molecule has 0 aliphatic carbocycles. The van der Waals surface area contributed by atoms with Crippen LogP contribution in [0.1, 0.15) is 42.2 Å². The molecule has 9 heteroatoms. The lowest BCUT2D eigenvalue weighted by atomic mass is 9.94. The van der Waals surface area contributed by atoms with Gasteiger partial charge in [0.2, 0.25) is 0 Å². The number of urea groups is 1. The van der Waals surface area contributed by atoms with Crippen LogP contribution in [-0.4, -0.2) is 78.5 Å². The summed E-state index contributed by atoms with van der Waals surface area (Å²) in [7, 11) is 0. The average molecular weight is 525 g/mol. The largest absolute Gasteiger partial charge is 0.463 e. The highest BCUT2D eigenvalue weighted by atomic mass is 35.5. The number of benzene rings is 2.